The number of Topliss-reactive ketones (excluding diaryl/α,β-unsaturated/α-hetero) is 1. The Morgan fingerprint density at radius 1 is 1.27 bits per heavy atom. The van der Waals surface area contributed by atoms with E-state index < -0.39 is 5.97 Å². The highest BCUT2D eigenvalue weighted by atomic mass is 16.4. The summed E-state index contributed by atoms with van der Waals surface area (Å²) in [7, 11) is 0. The Bertz CT molecular complexity index is 804. The van der Waals surface area contributed by atoms with Crippen LogP contribution in [-0.2, 0) is 11.3 Å². The van der Waals surface area contributed by atoms with Crippen LogP contribution >= 0.6 is 0 Å². The van der Waals surface area contributed by atoms with Gasteiger partial charge < -0.3 is 9.67 Å². The molecule has 1 aromatic carbocycles. The first-order valence-corrected chi connectivity index (χ1v) is 7.25. The normalized spacial score (nSPS) is 12.3. The minimum Gasteiger partial charge on any atom is -0.478 e. The number of aromatic carboxylic acids is 1. The van der Waals surface area contributed by atoms with Gasteiger partial charge in [0, 0.05) is 6.07 Å². The van der Waals surface area contributed by atoms with Crippen molar-refractivity contribution < 1.29 is 14.7 Å². The van der Waals surface area contributed by atoms with Crippen molar-refractivity contribution in [2.45, 2.75) is 39.7 Å². The fraction of sp³-hybridized carbons (Fsp3) is 0.353. The highest BCUT2D eigenvalue weighted by molar-refractivity contribution is 5.95. The zero-order valence-electron chi connectivity index (χ0n) is 12.9. The van der Waals surface area contributed by atoms with Crippen LogP contribution in [0.15, 0.2) is 29.1 Å². The van der Waals surface area contributed by atoms with Crippen LogP contribution in [0.2, 0.25) is 0 Å². The molecule has 1 N–H and O–H groups in total. The third-order valence-electron chi connectivity index (χ3n) is 3.88. The van der Waals surface area contributed by atoms with Crippen LogP contribution in [0.1, 0.15) is 49.0 Å². The van der Waals surface area contributed by atoms with Crippen molar-refractivity contribution in [3.8, 4) is 0 Å². The number of carbonyl (C=O) groups excluding carboxylic acids is 1. The SMILES string of the molecule is CCC(C)c1cc(C(=O)O)cc2ccc(=O)n(CC(C)=O)c12. The number of hydrogen-bond donors (Lipinski definition) is 1. The van der Waals surface area contributed by atoms with E-state index in [1.165, 1.54) is 17.6 Å². The van der Waals surface area contributed by atoms with Crippen molar-refractivity contribution in [2.24, 2.45) is 0 Å². The van der Waals surface area contributed by atoms with Crippen LogP contribution in [0.3, 0.4) is 0 Å². The second kappa shape index (κ2) is 6.13. The Labute approximate surface area is 128 Å². The number of fused-ring (bicyclic) bond motifs is 1. The molecule has 0 fully saturated rings. The van der Waals surface area contributed by atoms with Gasteiger partial charge >= 0.3 is 5.97 Å². The van der Waals surface area contributed by atoms with Crippen LogP contribution in [0.5, 0.6) is 0 Å². The average Bonchev–Trinajstić information content (AvgIpc) is 2.47. The first-order chi connectivity index (χ1) is 10.3. The molecule has 0 amide bonds. The van der Waals surface area contributed by atoms with E-state index in [0.29, 0.717) is 10.9 Å². The van der Waals surface area contributed by atoms with Gasteiger partial charge in [-0.1, -0.05) is 13.8 Å². The van der Waals surface area contributed by atoms with E-state index >= 15 is 0 Å². The lowest BCUT2D eigenvalue weighted by atomic mass is 9.93. The molecule has 2 rings (SSSR count). The van der Waals surface area contributed by atoms with Gasteiger partial charge in [-0.3, -0.25) is 9.59 Å². The maximum absolute atomic E-state index is 12.1. The van der Waals surface area contributed by atoms with E-state index in [2.05, 4.69) is 0 Å². The number of ketones is 1. The molecule has 5 heteroatoms. The van der Waals surface area contributed by atoms with Crippen molar-refractivity contribution >= 4 is 22.7 Å². The standard InChI is InChI=1S/C17H19NO4/c1-4-10(2)14-8-13(17(21)22)7-12-5-6-15(20)18(16(12)14)9-11(3)19/h5-8,10H,4,9H2,1-3H3,(H,21,22). The molecule has 1 heterocycles. The van der Waals surface area contributed by atoms with Crippen LogP contribution in [0.4, 0.5) is 0 Å². The molecule has 0 radical (unpaired) electrons. The fourth-order valence-electron chi connectivity index (χ4n) is 2.58. The van der Waals surface area contributed by atoms with Crippen molar-refractivity contribution in [3.05, 3.63) is 45.7 Å². The second-order valence-corrected chi connectivity index (χ2v) is 5.58. The number of hydrogen-bond acceptors (Lipinski definition) is 3. The summed E-state index contributed by atoms with van der Waals surface area (Å²) in [5.74, 6) is -1.04. The summed E-state index contributed by atoms with van der Waals surface area (Å²) in [6, 6.07) is 6.14. The summed E-state index contributed by atoms with van der Waals surface area (Å²) >= 11 is 0. The Hall–Kier alpha value is -2.43. The summed E-state index contributed by atoms with van der Waals surface area (Å²) in [6.07, 6.45) is 0.807. The van der Waals surface area contributed by atoms with E-state index in [1.54, 1.807) is 18.2 Å². The van der Waals surface area contributed by atoms with Crippen LogP contribution in [0.25, 0.3) is 10.9 Å². The van der Waals surface area contributed by atoms with E-state index in [0.717, 1.165) is 12.0 Å². The topological polar surface area (TPSA) is 76.4 Å². The molecule has 0 bridgehead atoms. The van der Waals surface area contributed by atoms with Crippen LogP contribution in [-0.4, -0.2) is 21.4 Å². The van der Waals surface area contributed by atoms with E-state index in [1.807, 2.05) is 13.8 Å². The van der Waals surface area contributed by atoms with Gasteiger partial charge in [-0.2, -0.15) is 0 Å². The molecule has 116 valence electrons. The largest absolute Gasteiger partial charge is 0.478 e. The molecule has 2 aromatic rings. The summed E-state index contributed by atoms with van der Waals surface area (Å²) in [5.41, 5.74) is 1.38. The second-order valence-electron chi connectivity index (χ2n) is 5.58. The van der Waals surface area contributed by atoms with Gasteiger partial charge in [-0.25, -0.2) is 4.79 Å². The molecule has 0 spiro atoms. The van der Waals surface area contributed by atoms with Crippen molar-refractivity contribution in [2.75, 3.05) is 0 Å². The van der Waals surface area contributed by atoms with Gasteiger partial charge in [0.1, 0.15) is 5.78 Å². The minimum atomic E-state index is -1.00. The number of pyridine rings is 1. The predicted molar refractivity (Wildman–Crippen MR) is 84.6 cm³/mol. The van der Waals surface area contributed by atoms with Gasteiger partial charge in [-0.05, 0) is 48.4 Å². The van der Waals surface area contributed by atoms with Crippen molar-refractivity contribution in [1.82, 2.24) is 4.57 Å². The highest BCUT2D eigenvalue weighted by Gasteiger charge is 2.17. The van der Waals surface area contributed by atoms with E-state index in [-0.39, 0.29) is 29.4 Å². The molecule has 22 heavy (non-hydrogen) atoms. The summed E-state index contributed by atoms with van der Waals surface area (Å²) in [4.78, 5) is 34.9. The lowest BCUT2D eigenvalue weighted by Gasteiger charge is -2.18. The molecule has 1 unspecified atom stereocenters. The molecule has 0 saturated heterocycles. The Balaban J connectivity index is 2.90. The molecule has 1 atom stereocenters. The highest BCUT2D eigenvalue weighted by Crippen LogP contribution is 2.28. The third kappa shape index (κ3) is 2.93. The third-order valence-corrected chi connectivity index (χ3v) is 3.88. The summed E-state index contributed by atoms with van der Waals surface area (Å²) < 4.78 is 1.44. The van der Waals surface area contributed by atoms with Crippen LogP contribution in [0, 0.1) is 0 Å². The maximum atomic E-state index is 12.1. The monoisotopic (exact) mass is 301 g/mol. The molecular weight excluding hydrogens is 282 g/mol. The number of carboxylic acid groups (broad SMARTS) is 1. The lowest BCUT2D eigenvalue weighted by molar-refractivity contribution is -0.117. The van der Waals surface area contributed by atoms with Crippen molar-refractivity contribution in [3.63, 3.8) is 0 Å². The van der Waals surface area contributed by atoms with Gasteiger partial charge in [0.15, 0.2) is 0 Å². The Morgan fingerprint density at radius 3 is 2.50 bits per heavy atom. The molecule has 5 nitrogen and oxygen atoms in total. The molecule has 0 aliphatic heterocycles. The fourth-order valence-corrected chi connectivity index (χ4v) is 2.58. The molecule has 0 aliphatic rings. The van der Waals surface area contributed by atoms with Gasteiger partial charge in [0.05, 0.1) is 17.6 Å². The number of aromatic nitrogens is 1. The number of rotatable bonds is 5. The number of benzene rings is 1. The van der Waals surface area contributed by atoms with Gasteiger partial charge in [-0.15, -0.1) is 0 Å². The first-order valence-electron chi connectivity index (χ1n) is 7.25. The minimum absolute atomic E-state index is 0.00791. The zero-order chi connectivity index (χ0) is 16.4. The summed E-state index contributed by atoms with van der Waals surface area (Å²) in [5, 5.41) is 9.93. The van der Waals surface area contributed by atoms with Crippen molar-refractivity contribution in [1.29, 1.82) is 0 Å². The molecule has 1 aromatic heterocycles. The first kappa shape index (κ1) is 15.9. The molecular formula is C17H19NO4. The Kier molecular flexibility index (Phi) is 4.45. The number of carbonyl (C=O) groups is 2. The van der Waals surface area contributed by atoms with Gasteiger partial charge in [0.25, 0.3) is 5.56 Å². The number of nitrogens with zero attached hydrogens (tertiary/aromatic N) is 1. The number of carboxylic acids is 1. The molecule has 0 aliphatic carbocycles. The quantitative estimate of drug-likeness (QED) is 0.921. The van der Waals surface area contributed by atoms with E-state index in [9.17, 15) is 19.5 Å². The Morgan fingerprint density at radius 2 is 1.95 bits per heavy atom. The summed E-state index contributed by atoms with van der Waals surface area (Å²) in [6.45, 7) is 5.40. The van der Waals surface area contributed by atoms with E-state index in [4.69, 9.17) is 0 Å². The predicted octanol–water partition coefficient (Wildman–Crippen LogP) is 2.80. The lowest BCUT2D eigenvalue weighted by Crippen LogP contribution is -2.24. The van der Waals surface area contributed by atoms with Crippen LogP contribution < -0.4 is 5.56 Å². The van der Waals surface area contributed by atoms with Gasteiger partial charge in [0.2, 0.25) is 0 Å². The molecule has 0 saturated carbocycles. The average molecular weight is 301 g/mol. The maximum Gasteiger partial charge on any atom is 0.335 e. The zero-order valence-corrected chi connectivity index (χ0v) is 12.9. The smallest absolute Gasteiger partial charge is 0.335 e.